The second-order valence-electron chi connectivity index (χ2n) is 9.96. The minimum atomic E-state index is -0.778. The summed E-state index contributed by atoms with van der Waals surface area (Å²) in [6.07, 6.45) is 2.31. The highest BCUT2D eigenvalue weighted by Gasteiger charge is 2.69. The van der Waals surface area contributed by atoms with Crippen molar-refractivity contribution in [2.24, 2.45) is 23.2 Å². The highest BCUT2D eigenvalue weighted by molar-refractivity contribution is 5.93. The lowest BCUT2D eigenvalue weighted by atomic mass is 9.97. The summed E-state index contributed by atoms with van der Waals surface area (Å²) in [5.41, 5.74) is -0.0395. The van der Waals surface area contributed by atoms with Crippen molar-refractivity contribution in [2.45, 2.75) is 64.6 Å². The van der Waals surface area contributed by atoms with Crippen LogP contribution < -0.4 is 10.6 Å². The fourth-order valence-corrected chi connectivity index (χ4v) is 5.96. The van der Waals surface area contributed by atoms with E-state index in [0.29, 0.717) is 32.5 Å². The zero-order valence-corrected chi connectivity index (χ0v) is 18.4. The van der Waals surface area contributed by atoms with Crippen LogP contribution in [0.5, 0.6) is 0 Å². The van der Waals surface area contributed by atoms with E-state index in [1.165, 1.54) is 6.92 Å². The van der Waals surface area contributed by atoms with Crippen molar-refractivity contribution in [2.75, 3.05) is 19.6 Å². The Hall–Kier alpha value is -2.63. The van der Waals surface area contributed by atoms with E-state index in [0.717, 1.165) is 6.42 Å². The SMILES string of the molecule is CC(=O)N1CCC[C@H]1C(=O)N1C[C@H]2[C@@H]([C@H]1C(=O)NC(C#N)C[C@@H]1CCNC1=O)C2(C)C. The Morgan fingerprint density at radius 2 is 2.03 bits per heavy atom. The maximum Gasteiger partial charge on any atom is 0.246 e. The summed E-state index contributed by atoms with van der Waals surface area (Å²) in [5.74, 6) is -0.706. The standard InChI is InChI=1S/C22H31N5O4/c1-12(28)26-8-4-5-16(26)21(31)27-11-15-17(22(15,2)3)18(27)20(30)25-14(10-23)9-13-6-7-24-19(13)29/h13-18H,4-9,11H2,1-3H3,(H,24,29)(H,25,30)/t13-,14?,15-,16-,17-,18-/m0/s1. The van der Waals surface area contributed by atoms with Crippen molar-refractivity contribution in [3.05, 3.63) is 0 Å². The first kappa shape index (κ1) is 21.6. The number of carbonyl (C=O) groups excluding carboxylic acids is 4. The van der Waals surface area contributed by atoms with Crippen LogP contribution in [0.2, 0.25) is 0 Å². The monoisotopic (exact) mass is 429 g/mol. The molecular formula is C22H31N5O4. The Morgan fingerprint density at radius 3 is 2.65 bits per heavy atom. The molecule has 1 unspecified atom stereocenters. The lowest BCUT2D eigenvalue weighted by Crippen LogP contribution is -2.56. The Labute approximate surface area is 182 Å². The summed E-state index contributed by atoms with van der Waals surface area (Å²) >= 11 is 0. The first-order valence-corrected chi connectivity index (χ1v) is 11.2. The smallest absolute Gasteiger partial charge is 0.246 e. The number of nitrogens with zero attached hydrogens (tertiary/aromatic N) is 3. The maximum atomic E-state index is 13.4. The quantitative estimate of drug-likeness (QED) is 0.638. The molecule has 168 valence electrons. The van der Waals surface area contributed by atoms with E-state index in [9.17, 15) is 24.4 Å². The molecule has 3 heterocycles. The molecular weight excluding hydrogens is 398 g/mol. The Kier molecular flexibility index (Phi) is 5.44. The molecule has 1 aliphatic carbocycles. The minimum absolute atomic E-state index is 0.0395. The number of amides is 4. The molecule has 0 aromatic heterocycles. The largest absolute Gasteiger partial charge is 0.356 e. The highest BCUT2D eigenvalue weighted by Crippen LogP contribution is 2.65. The zero-order chi connectivity index (χ0) is 22.5. The van der Waals surface area contributed by atoms with Crippen LogP contribution in [-0.2, 0) is 19.2 Å². The second-order valence-corrected chi connectivity index (χ2v) is 9.96. The molecule has 0 aromatic rings. The van der Waals surface area contributed by atoms with Gasteiger partial charge in [-0.2, -0.15) is 5.26 Å². The predicted molar refractivity (Wildman–Crippen MR) is 110 cm³/mol. The number of piperidine rings is 1. The average Bonchev–Trinajstić information content (AvgIpc) is 3.26. The molecule has 4 amide bonds. The molecule has 6 atom stereocenters. The van der Waals surface area contributed by atoms with Crippen molar-refractivity contribution in [1.29, 1.82) is 5.26 Å². The first-order chi connectivity index (χ1) is 14.7. The van der Waals surface area contributed by atoms with E-state index in [1.807, 2.05) is 0 Å². The van der Waals surface area contributed by atoms with Crippen molar-refractivity contribution in [1.82, 2.24) is 20.4 Å². The highest BCUT2D eigenvalue weighted by atomic mass is 16.2. The molecule has 4 aliphatic rings. The molecule has 1 saturated carbocycles. The first-order valence-electron chi connectivity index (χ1n) is 11.2. The van der Waals surface area contributed by atoms with Crippen LogP contribution in [0.3, 0.4) is 0 Å². The number of carbonyl (C=O) groups is 4. The molecule has 0 aromatic carbocycles. The molecule has 2 N–H and O–H groups in total. The molecule has 3 aliphatic heterocycles. The van der Waals surface area contributed by atoms with Crippen LogP contribution >= 0.6 is 0 Å². The van der Waals surface area contributed by atoms with Crippen LogP contribution in [0.15, 0.2) is 0 Å². The number of rotatable bonds is 5. The van der Waals surface area contributed by atoms with Gasteiger partial charge in [0.15, 0.2) is 0 Å². The van der Waals surface area contributed by atoms with E-state index in [2.05, 4.69) is 30.6 Å². The summed E-state index contributed by atoms with van der Waals surface area (Å²) in [6, 6.07) is 0.173. The van der Waals surface area contributed by atoms with E-state index in [4.69, 9.17) is 0 Å². The van der Waals surface area contributed by atoms with Gasteiger partial charge in [0.25, 0.3) is 0 Å². The molecule has 31 heavy (non-hydrogen) atoms. The molecule has 9 nitrogen and oxygen atoms in total. The van der Waals surface area contributed by atoms with Gasteiger partial charge in [0.05, 0.1) is 6.07 Å². The molecule has 0 radical (unpaired) electrons. The van der Waals surface area contributed by atoms with Crippen LogP contribution in [0.25, 0.3) is 0 Å². The summed E-state index contributed by atoms with van der Waals surface area (Å²) in [7, 11) is 0. The minimum Gasteiger partial charge on any atom is -0.356 e. The summed E-state index contributed by atoms with van der Waals surface area (Å²) in [5, 5.41) is 15.1. The molecule has 3 saturated heterocycles. The zero-order valence-electron chi connectivity index (χ0n) is 18.4. The number of fused-ring (bicyclic) bond motifs is 1. The maximum absolute atomic E-state index is 13.4. The normalized spacial score (nSPS) is 34.0. The van der Waals surface area contributed by atoms with Gasteiger partial charge in [0.2, 0.25) is 23.6 Å². The van der Waals surface area contributed by atoms with Gasteiger partial charge < -0.3 is 20.4 Å². The van der Waals surface area contributed by atoms with Gasteiger partial charge in [-0.15, -0.1) is 0 Å². The lowest BCUT2D eigenvalue weighted by Gasteiger charge is -2.34. The van der Waals surface area contributed by atoms with Gasteiger partial charge >= 0.3 is 0 Å². The fraction of sp³-hybridized carbons (Fsp3) is 0.773. The number of nitrogens with one attached hydrogen (secondary N) is 2. The van der Waals surface area contributed by atoms with E-state index >= 15 is 0 Å². The topological polar surface area (TPSA) is 123 Å². The van der Waals surface area contributed by atoms with Crippen LogP contribution in [-0.4, -0.2) is 71.2 Å². The third kappa shape index (κ3) is 3.66. The van der Waals surface area contributed by atoms with E-state index in [1.54, 1.807) is 9.80 Å². The predicted octanol–water partition coefficient (Wildman–Crippen LogP) is 0.0149. The van der Waals surface area contributed by atoms with Gasteiger partial charge in [-0.3, -0.25) is 19.2 Å². The van der Waals surface area contributed by atoms with Crippen LogP contribution in [0.4, 0.5) is 0 Å². The molecule has 4 rings (SSSR count). The average molecular weight is 430 g/mol. The van der Waals surface area contributed by atoms with Gasteiger partial charge in [-0.25, -0.2) is 0 Å². The molecule has 0 spiro atoms. The van der Waals surface area contributed by atoms with Gasteiger partial charge in [-0.1, -0.05) is 13.8 Å². The van der Waals surface area contributed by atoms with Crippen LogP contribution in [0.1, 0.15) is 46.5 Å². The van der Waals surface area contributed by atoms with Crippen molar-refractivity contribution in [3.8, 4) is 6.07 Å². The van der Waals surface area contributed by atoms with E-state index < -0.39 is 18.1 Å². The van der Waals surface area contributed by atoms with Crippen molar-refractivity contribution in [3.63, 3.8) is 0 Å². The van der Waals surface area contributed by atoms with Gasteiger partial charge in [-0.05, 0) is 42.9 Å². The Morgan fingerprint density at radius 1 is 1.29 bits per heavy atom. The third-order valence-corrected chi connectivity index (χ3v) is 7.86. The fourth-order valence-electron chi connectivity index (χ4n) is 5.96. The number of likely N-dealkylation sites (tertiary alicyclic amines) is 2. The van der Waals surface area contributed by atoms with Gasteiger partial charge in [0, 0.05) is 32.5 Å². The molecule has 4 fully saturated rings. The van der Waals surface area contributed by atoms with Gasteiger partial charge in [0.1, 0.15) is 18.1 Å². The van der Waals surface area contributed by atoms with Crippen molar-refractivity contribution < 1.29 is 19.2 Å². The van der Waals surface area contributed by atoms with Crippen LogP contribution in [0, 0.1) is 34.5 Å². The lowest BCUT2D eigenvalue weighted by molar-refractivity contribution is -0.147. The molecule has 9 heteroatoms. The summed E-state index contributed by atoms with van der Waals surface area (Å²) < 4.78 is 0. The Bertz CT molecular complexity index is 849. The second kappa shape index (κ2) is 7.81. The third-order valence-electron chi connectivity index (χ3n) is 7.86. The summed E-state index contributed by atoms with van der Waals surface area (Å²) in [4.78, 5) is 53.7. The van der Waals surface area contributed by atoms with Crippen molar-refractivity contribution >= 4 is 23.6 Å². The summed E-state index contributed by atoms with van der Waals surface area (Å²) in [6.45, 7) is 7.33. The van der Waals surface area contributed by atoms with E-state index in [-0.39, 0.29) is 53.2 Å². The number of hydrogen-bond donors (Lipinski definition) is 2. The molecule has 0 bridgehead atoms. The number of nitriles is 1. The Balaban J connectivity index is 1.48. The number of hydrogen-bond acceptors (Lipinski definition) is 5.